The van der Waals surface area contributed by atoms with E-state index in [1.165, 1.54) is 0 Å². The quantitative estimate of drug-likeness (QED) is 0.795. The minimum absolute atomic E-state index is 0.00947. The van der Waals surface area contributed by atoms with Gasteiger partial charge in [0.25, 0.3) is 0 Å². The zero-order chi connectivity index (χ0) is 15.1. The van der Waals surface area contributed by atoms with Crippen LogP contribution >= 0.6 is 0 Å². The molecular weight excluding hydrogens is 272 g/mol. The van der Waals surface area contributed by atoms with E-state index < -0.39 is 5.97 Å². The Morgan fingerprint density at radius 3 is 2.76 bits per heavy atom. The first-order valence-corrected chi connectivity index (χ1v) is 6.87. The molecule has 0 bridgehead atoms. The maximum Gasteiger partial charge on any atom is 0.307 e. The molecule has 7 heteroatoms. The topological polar surface area (TPSA) is 90.1 Å². The summed E-state index contributed by atoms with van der Waals surface area (Å²) in [5.41, 5.74) is 0.739. The first kappa shape index (κ1) is 15.0. The zero-order valence-electron chi connectivity index (χ0n) is 11.9. The lowest BCUT2D eigenvalue weighted by atomic mass is 10.1. The molecule has 1 N–H and O–H groups in total. The Balaban J connectivity index is 1.90. The highest BCUT2D eigenvalue weighted by Gasteiger charge is 2.07. The molecule has 1 heterocycles. The molecule has 7 nitrogen and oxygen atoms in total. The second-order valence-electron chi connectivity index (χ2n) is 4.67. The maximum atomic E-state index is 10.6. The minimum Gasteiger partial charge on any atom is -0.486 e. The Bertz CT molecular complexity index is 580. The van der Waals surface area contributed by atoms with Gasteiger partial charge in [-0.2, -0.15) is 0 Å². The van der Waals surface area contributed by atoms with E-state index in [1.54, 1.807) is 28.9 Å². The molecule has 2 rings (SSSR count). The third kappa shape index (κ3) is 4.55. The van der Waals surface area contributed by atoms with E-state index in [9.17, 15) is 4.79 Å². The van der Waals surface area contributed by atoms with Crippen LogP contribution in [0.15, 0.2) is 24.3 Å². The SMILES string of the molecule is CCCCn1nnnc1COc1ccc(CC(=O)O)cc1. The zero-order valence-corrected chi connectivity index (χ0v) is 11.9. The molecule has 0 saturated heterocycles. The summed E-state index contributed by atoms with van der Waals surface area (Å²) in [5, 5.41) is 20.2. The molecule has 0 saturated carbocycles. The highest BCUT2D eigenvalue weighted by Crippen LogP contribution is 2.14. The van der Waals surface area contributed by atoms with E-state index in [2.05, 4.69) is 22.4 Å². The molecule has 0 aliphatic carbocycles. The molecule has 112 valence electrons. The van der Waals surface area contributed by atoms with Gasteiger partial charge in [-0.1, -0.05) is 25.5 Å². The van der Waals surface area contributed by atoms with Crippen LogP contribution in [0.25, 0.3) is 0 Å². The molecule has 0 aliphatic rings. The van der Waals surface area contributed by atoms with Gasteiger partial charge in [-0.15, -0.1) is 5.10 Å². The average molecular weight is 290 g/mol. The first-order valence-electron chi connectivity index (χ1n) is 6.87. The molecule has 0 radical (unpaired) electrons. The molecule has 1 aromatic heterocycles. The second kappa shape index (κ2) is 7.37. The van der Waals surface area contributed by atoms with Crippen molar-refractivity contribution in [3.05, 3.63) is 35.7 Å². The molecule has 0 atom stereocenters. The van der Waals surface area contributed by atoms with Crippen LogP contribution in [0.2, 0.25) is 0 Å². The summed E-state index contributed by atoms with van der Waals surface area (Å²) >= 11 is 0. The van der Waals surface area contributed by atoms with Crippen LogP contribution in [0, 0.1) is 0 Å². The van der Waals surface area contributed by atoms with Crippen LogP contribution in [0.5, 0.6) is 5.75 Å². The van der Waals surface area contributed by atoms with Gasteiger partial charge < -0.3 is 9.84 Å². The number of carbonyl (C=O) groups is 1. The summed E-state index contributed by atoms with van der Waals surface area (Å²) in [6, 6.07) is 6.98. The molecular formula is C14H18N4O3. The highest BCUT2D eigenvalue weighted by molar-refractivity contribution is 5.70. The number of hydrogen-bond acceptors (Lipinski definition) is 5. The van der Waals surface area contributed by atoms with Crippen LogP contribution in [-0.2, 0) is 24.4 Å². The summed E-state index contributed by atoms with van der Waals surface area (Å²) in [6.07, 6.45) is 2.10. The molecule has 21 heavy (non-hydrogen) atoms. The van der Waals surface area contributed by atoms with Crippen molar-refractivity contribution >= 4 is 5.97 Å². The third-order valence-electron chi connectivity index (χ3n) is 2.98. The predicted octanol–water partition coefficient (Wildman–Crippen LogP) is 1.68. The average Bonchev–Trinajstić information content (AvgIpc) is 2.91. The van der Waals surface area contributed by atoms with Gasteiger partial charge in [0, 0.05) is 6.54 Å². The van der Waals surface area contributed by atoms with Crippen LogP contribution < -0.4 is 4.74 Å². The number of unbranched alkanes of at least 4 members (excludes halogenated alkanes) is 1. The summed E-state index contributed by atoms with van der Waals surface area (Å²) in [4.78, 5) is 10.6. The van der Waals surface area contributed by atoms with Gasteiger partial charge in [0.15, 0.2) is 5.82 Å². The van der Waals surface area contributed by atoms with Gasteiger partial charge in [-0.05, 0) is 34.5 Å². The Hall–Kier alpha value is -2.44. The molecule has 0 unspecified atom stereocenters. The summed E-state index contributed by atoms with van der Waals surface area (Å²) < 4.78 is 7.36. The monoisotopic (exact) mass is 290 g/mol. The number of aromatic nitrogens is 4. The van der Waals surface area contributed by atoms with Crippen molar-refractivity contribution < 1.29 is 14.6 Å². The van der Waals surface area contributed by atoms with Crippen molar-refractivity contribution in [2.24, 2.45) is 0 Å². The lowest BCUT2D eigenvalue weighted by Gasteiger charge is -2.07. The Morgan fingerprint density at radius 2 is 2.10 bits per heavy atom. The van der Waals surface area contributed by atoms with Crippen molar-refractivity contribution in [1.29, 1.82) is 0 Å². The molecule has 0 amide bonds. The summed E-state index contributed by atoms with van der Waals surface area (Å²) in [6.45, 7) is 3.17. The Morgan fingerprint density at radius 1 is 1.33 bits per heavy atom. The number of aliphatic carboxylic acids is 1. The standard InChI is InChI=1S/C14H18N4O3/c1-2-3-8-18-13(15-16-17-18)10-21-12-6-4-11(5-7-12)9-14(19)20/h4-7H,2-3,8-10H2,1H3,(H,19,20). The normalized spacial score (nSPS) is 10.5. The lowest BCUT2D eigenvalue weighted by molar-refractivity contribution is -0.136. The van der Waals surface area contributed by atoms with Crippen molar-refractivity contribution in [2.45, 2.75) is 39.3 Å². The van der Waals surface area contributed by atoms with Crippen molar-refractivity contribution in [1.82, 2.24) is 20.2 Å². The van der Waals surface area contributed by atoms with Gasteiger partial charge in [-0.25, -0.2) is 4.68 Å². The van der Waals surface area contributed by atoms with Gasteiger partial charge in [0.2, 0.25) is 0 Å². The lowest BCUT2D eigenvalue weighted by Crippen LogP contribution is -2.09. The first-order chi connectivity index (χ1) is 10.2. The third-order valence-corrected chi connectivity index (χ3v) is 2.98. The van der Waals surface area contributed by atoms with Gasteiger partial charge in [0.05, 0.1) is 6.42 Å². The molecule has 0 aliphatic heterocycles. The Labute approximate surface area is 122 Å². The fourth-order valence-corrected chi connectivity index (χ4v) is 1.83. The van der Waals surface area contributed by atoms with E-state index in [4.69, 9.17) is 9.84 Å². The van der Waals surface area contributed by atoms with E-state index in [0.29, 0.717) is 11.6 Å². The van der Waals surface area contributed by atoms with E-state index in [1.807, 2.05) is 0 Å². The second-order valence-corrected chi connectivity index (χ2v) is 4.67. The number of tetrazole rings is 1. The molecule has 1 aromatic carbocycles. The van der Waals surface area contributed by atoms with Crippen molar-refractivity contribution in [3.8, 4) is 5.75 Å². The van der Waals surface area contributed by atoms with Crippen LogP contribution in [0.3, 0.4) is 0 Å². The fraction of sp³-hybridized carbons (Fsp3) is 0.429. The Kier molecular flexibility index (Phi) is 5.25. The highest BCUT2D eigenvalue weighted by atomic mass is 16.5. The number of carboxylic acids is 1. The van der Waals surface area contributed by atoms with Crippen LogP contribution in [-0.4, -0.2) is 31.3 Å². The molecule has 2 aromatic rings. The fourth-order valence-electron chi connectivity index (χ4n) is 1.83. The minimum atomic E-state index is -0.848. The predicted molar refractivity (Wildman–Crippen MR) is 74.8 cm³/mol. The molecule has 0 spiro atoms. The van der Waals surface area contributed by atoms with Crippen LogP contribution in [0.4, 0.5) is 0 Å². The molecule has 0 fully saturated rings. The van der Waals surface area contributed by atoms with E-state index in [-0.39, 0.29) is 13.0 Å². The number of rotatable bonds is 8. The maximum absolute atomic E-state index is 10.6. The van der Waals surface area contributed by atoms with E-state index in [0.717, 1.165) is 24.9 Å². The van der Waals surface area contributed by atoms with E-state index >= 15 is 0 Å². The van der Waals surface area contributed by atoms with Crippen LogP contribution in [0.1, 0.15) is 31.2 Å². The number of nitrogens with zero attached hydrogens (tertiary/aromatic N) is 4. The number of aryl methyl sites for hydroxylation is 1. The van der Waals surface area contributed by atoms with Gasteiger partial charge >= 0.3 is 5.97 Å². The number of ether oxygens (including phenoxy) is 1. The van der Waals surface area contributed by atoms with Gasteiger partial charge in [0.1, 0.15) is 12.4 Å². The van der Waals surface area contributed by atoms with Crippen molar-refractivity contribution in [2.75, 3.05) is 0 Å². The summed E-state index contributed by atoms with van der Waals surface area (Å²) in [7, 11) is 0. The smallest absolute Gasteiger partial charge is 0.307 e. The summed E-state index contributed by atoms with van der Waals surface area (Å²) in [5.74, 6) is 0.492. The number of benzene rings is 1. The number of carboxylic acid groups (broad SMARTS) is 1. The van der Waals surface area contributed by atoms with Crippen molar-refractivity contribution in [3.63, 3.8) is 0 Å². The largest absolute Gasteiger partial charge is 0.486 e. The number of hydrogen-bond donors (Lipinski definition) is 1. The van der Waals surface area contributed by atoms with Gasteiger partial charge in [-0.3, -0.25) is 4.79 Å².